The fourth-order valence-corrected chi connectivity index (χ4v) is 4.29. The van der Waals surface area contributed by atoms with Crippen molar-refractivity contribution in [2.75, 3.05) is 41.0 Å². The number of amides is 2. The van der Waals surface area contributed by atoms with E-state index in [-0.39, 0.29) is 25.6 Å². The van der Waals surface area contributed by atoms with E-state index in [1.54, 1.807) is 68.8 Å². The number of halogens is 1. The first-order valence-corrected chi connectivity index (χ1v) is 12.2. The summed E-state index contributed by atoms with van der Waals surface area (Å²) >= 11 is 0. The summed E-state index contributed by atoms with van der Waals surface area (Å²) in [4.78, 5) is 28.4. The highest BCUT2D eigenvalue weighted by Gasteiger charge is 2.35. The topological polar surface area (TPSA) is 80.7 Å². The molecule has 0 N–H and O–H groups in total. The number of carbonyl (C=O) groups is 2. The maximum atomic E-state index is 14.6. The Kier molecular flexibility index (Phi) is 8.70. The lowest BCUT2D eigenvalue weighted by atomic mass is 9.98. The lowest BCUT2D eigenvalue weighted by Crippen LogP contribution is -2.42. The molecule has 8 nitrogen and oxygen atoms in total. The minimum absolute atomic E-state index is 0.206. The summed E-state index contributed by atoms with van der Waals surface area (Å²) in [5.41, 5.74) is 2.03. The normalized spacial score (nSPS) is 14.7. The monoisotopic (exact) mass is 519 g/mol. The molecule has 9 heteroatoms. The van der Waals surface area contributed by atoms with E-state index in [1.165, 1.54) is 23.1 Å². The molecule has 1 atom stereocenters. The number of rotatable bonds is 10. The van der Waals surface area contributed by atoms with Crippen molar-refractivity contribution in [1.29, 1.82) is 0 Å². The standard InChI is InChI=1S/C29H30FN3O5/c1-36-17-16-32(29(35)21-10-14-23(38-3)15-11-21)19-28(34)33-27(20-8-12-22(37-2)13-9-20)18-26(31-33)24-6-4-5-7-25(24)30/h4-15,27H,16-19H2,1-3H3/t27-/m1/s1. The minimum atomic E-state index is -0.469. The molecule has 4 rings (SSSR count). The van der Waals surface area contributed by atoms with Gasteiger partial charge in [0.1, 0.15) is 23.9 Å². The van der Waals surface area contributed by atoms with E-state index in [9.17, 15) is 14.0 Å². The number of carbonyl (C=O) groups excluding carboxylic acids is 2. The molecule has 3 aromatic carbocycles. The Labute approximate surface area is 221 Å². The molecule has 0 spiro atoms. The molecule has 0 bridgehead atoms. The Balaban J connectivity index is 1.63. The van der Waals surface area contributed by atoms with Crippen molar-refractivity contribution in [3.63, 3.8) is 0 Å². The molecule has 0 saturated carbocycles. The van der Waals surface area contributed by atoms with Crippen LogP contribution in [-0.4, -0.2) is 68.5 Å². The molecule has 1 aliphatic heterocycles. The van der Waals surface area contributed by atoms with E-state index >= 15 is 0 Å². The van der Waals surface area contributed by atoms with Crippen LogP contribution in [0, 0.1) is 5.82 Å². The van der Waals surface area contributed by atoms with Crippen LogP contribution in [0.2, 0.25) is 0 Å². The van der Waals surface area contributed by atoms with Gasteiger partial charge in [-0.05, 0) is 48.0 Å². The summed E-state index contributed by atoms with van der Waals surface area (Å²) in [5, 5.41) is 5.90. The van der Waals surface area contributed by atoms with Gasteiger partial charge in [0, 0.05) is 31.2 Å². The van der Waals surface area contributed by atoms with Crippen LogP contribution in [0.3, 0.4) is 0 Å². The highest BCUT2D eigenvalue weighted by Crippen LogP contribution is 2.34. The number of methoxy groups -OCH3 is 3. The average molecular weight is 520 g/mol. The van der Waals surface area contributed by atoms with Crippen molar-refractivity contribution in [2.45, 2.75) is 12.5 Å². The van der Waals surface area contributed by atoms with E-state index in [2.05, 4.69) is 5.10 Å². The summed E-state index contributed by atoms with van der Waals surface area (Å²) in [6.07, 6.45) is 0.323. The Morgan fingerprint density at radius 1 is 0.947 bits per heavy atom. The van der Waals surface area contributed by atoms with Crippen molar-refractivity contribution < 1.29 is 28.2 Å². The van der Waals surface area contributed by atoms with Gasteiger partial charge in [-0.2, -0.15) is 5.10 Å². The second-order valence-electron chi connectivity index (χ2n) is 8.71. The predicted octanol–water partition coefficient (Wildman–Crippen LogP) is 4.31. The summed E-state index contributed by atoms with van der Waals surface area (Å²) in [6, 6.07) is 19.9. The number of benzene rings is 3. The maximum absolute atomic E-state index is 14.6. The average Bonchev–Trinajstić information content (AvgIpc) is 3.40. The van der Waals surface area contributed by atoms with Gasteiger partial charge in [-0.3, -0.25) is 9.59 Å². The predicted molar refractivity (Wildman–Crippen MR) is 141 cm³/mol. The molecule has 0 radical (unpaired) electrons. The van der Waals surface area contributed by atoms with Gasteiger partial charge in [0.15, 0.2) is 0 Å². The van der Waals surface area contributed by atoms with Crippen LogP contribution in [-0.2, 0) is 9.53 Å². The van der Waals surface area contributed by atoms with Gasteiger partial charge in [0.2, 0.25) is 0 Å². The van der Waals surface area contributed by atoms with Crippen molar-refractivity contribution >= 4 is 17.5 Å². The van der Waals surface area contributed by atoms with Crippen LogP contribution in [0.15, 0.2) is 77.9 Å². The number of hydrazone groups is 1. The molecule has 198 valence electrons. The second kappa shape index (κ2) is 12.3. The van der Waals surface area contributed by atoms with Gasteiger partial charge >= 0.3 is 0 Å². The molecule has 0 saturated heterocycles. The second-order valence-corrected chi connectivity index (χ2v) is 8.71. The first-order valence-electron chi connectivity index (χ1n) is 12.2. The van der Waals surface area contributed by atoms with Gasteiger partial charge in [0.05, 0.1) is 32.6 Å². The first-order chi connectivity index (χ1) is 18.4. The summed E-state index contributed by atoms with van der Waals surface area (Å²) in [6.45, 7) is 0.230. The van der Waals surface area contributed by atoms with Crippen LogP contribution >= 0.6 is 0 Å². The number of hydrogen-bond donors (Lipinski definition) is 0. The molecular formula is C29H30FN3O5. The Morgan fingerprint density at radius 3 is 2.18 bits per heavy atom. The largest absolute Gasteiger partial charge is 0.497 e. The van der Waals surface area contributed by atoms with Crippen LogP contribution in [0.1, 0.15) is 33.9 Å². The summed E-state index contributed by atoms with van der Waals surface area (Å²) in [5.74, 6) is 0.170. The van der Waals surface area contributed by atoms with E-state index < -0.39 is 17.8 Å². The first kappa shape index (κ1) is 26.8. The summed E-state index contributed by atoms with van der Waals surface area (Å²) < 4.78 is 30.2. The zero-order valence-corrected chi connectivity index (χ0v) is 21.6. The third kappa shape index (κ3) is 6.00. The van der Waals surface area contributed by atoms with E-state index in [0.29, 0.717) is 34.8 Å². The third-order valence-corrected chi connectivity index (χ3v) is 6.37. The van der Waals surface area contributed by atoms with Gasteiger partial charge in [0.25, 0.3) is 11.8 Å². The Morgan fingerprint density at radius 2 is 1.58 bits per heavy atom. The van der Waals surface area contributed by atoms with E-state index in [1.807, 2.05) is 12.1 Å². The molecule has 0 aliphatic carbocycles. The zero-order valence-electron chi connectivity index (χ0n) is 21.6. The quantitative estimate of drug-likeness (QED) is 0.399. The lowest BCUT2D eigenvalue weighted by Gasteiger charge is -2.27. The molecule has 3 aromatic rings. The highest BCUT2D eigenvalue weighted by atomic mass is 19.1. The van der Waals surface area contributed by atoms with Gasteiger partial charge in [-0.25, -0.2) is 9.40 Å². The molecule has 0 aromatic heterocycles. The zero-order chi connectivity index (χ0) is 27.1. The van der Waals surface area contributed by atoms with Crippen molar-refractivity contribution in [3.05, 3.63) is 95.3 Å². The fourth-order valence-electron chi connectivity index (χ4n) is 4.29. The van der Waals surface area contributed by atoms with Gasteiger partial charge in [-0.1, -0.05) is 30.3 Å². The van der Waals surface area contributed by atoms with Crippen LogP contribution in [0.5, 0.6) is 11.5 Å². The smallest absolute Gasteiger partial charge is 0.262 e. The molecule has 2 amide bonds. The summed E-state index contributed by atoms with van der Waals surface area (Å²) in [7, 11) is 4.66. The van der Waals surface area contributed by atoms with Crippen molar-refractivity contribution in [3.8, 4) is 11.5 Å². The maximum Gasteiger partial charge on any atom is 0.262 e. The SMILES string of the molecule is COCCN(CC(=O)N1N=C(c2ccccc2F)C[C@@H]1c1ccc(OC)cc1)C(=O)c1ccc(OC)cc1. The third-order valence-electron chi connectivity index (χ3n) is 6.37. The minimum Gasteiger partial charge on any atom is -0.497 e. The molecule has 0 unspecified atom stereocenters. The lowest BCUT2D eigenvalue weighted by molar-refractivity contribution is -0.133. The molecule has 1 heterocycles. The molecule has 38 heavy (non-hydrogen) atoms. The number of hydrogen-bond acceptors (Lipinski definition) is 6. The van der Waals surface area contributed by atoms with Gasteiger partial charge in [-0.15, -0.1) is 0 Å². The number of ether oxygens (including phenoxy) is 3. The molecular weight excluding hydrogens is 489 g/mol. The molecule has 1 aliphatic rings. The highest BCUT2D eigenvalue weighted by molar-refractivity contribution is 6.04. The number of nitrogens with zero attached hydrogens (tertiary/aromatic N) is 3. The van der Waals surface area contributed by atoms with Crippen molar-refractivity contribution in [1.82, 2.24) is 9.91 Å². The van der Waals surface area contributed by atoms with E-state index in [0.717, 1.165) is 5.56 Å². The van der Waals surface area contributed by atoms with Gasteiger partial charge < -0.3 is 19.1 Å². The van der Waals surface area contributed by atoms with Crippen LogP contribution < -0.4 is 9.47 Å². The van der Waals surface area contributed by atoms with Crippen LogP contribution in [0.25, 0.3) is 0 Å². The Hall–Kier alpha value is -4.24. The fraction of sp³-hybridized carbons (Fsp3) is 0.276. The van der Waals surface area contributed by atoms with Crippen molar-refractivity contribution in [2.24, 2.45) is 5.10 Å². The Bertz CT molecular complexity index is 1290. The van der Waals surface area contributed by atoms with E-state index in [4.69, 9.17) is 14.2 Å². The van der Waals surface area contributed by atoms with Crippen LogP contribution in [0.4, 0.5) is 4.39 Å². The molecule has 0 fully saturated rings.